The van der Waals surface area contributed by atoms with E-state index in [4.69, 9.17) is 5.11 Å². The Balaban J connectivity index is 2.17. The third-order valence-electron chi connectivity index (χ3n) is 2.85. The zero-order chi connectivity index (χ0) is 16.5. The summed E-state index contributed by atoms with van der Waals surface area (Å²) in [6.07, 6.45) is 3.94. The minimum absolute atomic E-state index is 0.0541. The average molecular weight is 344 g/mol. The highest BCUT2D eigenvalue weighted by Gasteiger charge is 2.23. The predicted molar refractivity (Wildman–Crippen MR) is 80.4 cm³/mol. The zero-order valence-corrected chi connectivity index (χ0v) is 13.8. The summed E-state index contributed by atoms with van der Waals surface area (Å²) in [5, 5.41) is 13.2. The van der Waals surface area contributed by atoms with E-state index in [1.807, 2.05) is 13.8 Å². The lowest BCUT2D eigenvalue weighted by Gasteiger charge is -2.10. The van der Waals surface area contributed by atoms with E-state index in [-0.39, 0.29) is 15.8 Å². The molecule has 22 heavy (non-hydrogen) atoms. The van der Waals surface area contributed by atoms with Crippen molar-refractivity contribution in [1.82, 2.24) is 19.5 Å². The van der Waals surface area contributed by atoms with Crippen molar-refractivity contribution in [2.45, 2.75) is 37.8 Å². The molecular weight excluding hydrogens is 328 g/mol. The van der Waals surface area contributed by atoms with Crippen LogP contribution in [-0.2, 0) is 10.0 Å². The molecule has 120 valence electrons. The van der Waals surface area contributed by atoms with Gasteiger partial charge < -0.3 is 5.11 Å². The fourth-order valence-corrected chi connectivity index (χ4v) is 3.66. The first-order chi connectivity index (χ1) is 10.2. The molecule has 0 aliphatic carbocycles. The topological polar surface area (TPSA) is 114 Å². The van der Waals surface area contributed by atoms with Gasteiger partial charge in [-0.2, -0.15) is 5.10 Å². The Bertz CT molecular complexity index is 779. The molecule has 0 radical (unpaired) electrons. The van der Waals surface area contributed by atoms with Gasteiger partial charge in [-0.1, -0.05) is 0 Å². The van der Waals surface area contributed by atoms with E-state index in [2.05, 4.69) is 14.8 Å². The molecule has 0 saturated heterocycles. The number of aromatic carboxylic acids is 1. The molecular formula is C12H16N4O4S2. The largest absolute Gasteiger partial charge is 0.477 e. The highest BCUT2D eigenvalue weighted by Crippen LogP contribution is 2.22. The van der Waals surface area contributed by atoms with E-state index < -0.39 is 22.0 Å². The summed E-state index contributed by atoms with van der Waals surface area (Å²) in [5.41, 5.74) is 0. The van der Waals surface area contributed by atoms with E-state index >= 15 is 0 Å². The predicted octanol–water partition coefficient (Wildman–Crippen LogP) is 1.66. The lowest BCUT2D eigenvalue weighted by atomic mass is 10.4. The van der Waals surface area contributed by atoms with Gasteiger partial charge in [-0.25, -0.2) is 22.9 Å². The number of nitrogens with one attached hydrogen (secondary N) is 1. The summed E-state index contributed by atoms with van der Waals surface area (Å²) in [4.78, 5) is 14.9. The number of rotatable bonds is 6. The molecule has 0 aliphatic heterocycles. The van der Waals surface area contributed by atoms with Gasteiger partial charge in [0.15, 0.2) is 0 Å². The number of carboxylic acids is 1. The number of hydrogen-bond donors (Lipinski definition) is 2. The Morgan fingerprint density at radius 1 is 1.36 bits per heavy atom. The standard InChI is InChI=1S/C12H16N4O4S2/c1-7(2)16-6-9(4-14-16)22(19,20)15-8(3)11-13-5-10(21-11)12(17)18/h4-8,15H,1-3H3,(H,17,18). The van der Waals surface area contributed by atoms with Gasteiger partial charge in [-0.15, -0.1) is 11.3 Å². The maximum absolute atomic E-state index is 12.3. The maximum Gasteiger partial charge on any atom is 0.347 e. The molecule has 0 fully saturated rings. The van der Waals surface area contributed by atoms with Crippen LogP contribution in [0.3, 0.4) is 0 Å². The first kappa shape index (κ1) is 16.6. The van der Waals surface area contributed by atoms with Gasteiger partial charge in [0.05, 0.1) is 18.4 Å². The molecule has 2 aromatic rings. The van der Waals surface area contributed by atoms with Crippen LogP contribution in [0, 0.1) is 0 Å². The van der Waals surface area contributed by atoms with Crippen molar-refractivity contribution in [3.05, 3.63) is 28.5 Å². The van der Waals surface area contributed by atoms with E-state index in [9.17, 15) is 13.2 Å². The van der Waals surface area contributed by atoms with Gasteiger partial charge in [0.2, 0.25) is 10.0 Å². The Labute approximate surface area is 131 Å². The van der Waals surface area contributed by atoms with Crippen LogP contribution in [0.25, 0.3) is 0 Å². The third kappa shape index (κ3) is 3.51. The molecule has 0 amide bonds. The van der Waals surface area contributed by atoms with Crippen molar-refractivity contribution in [3.8, 4) is 0 Å². The minimum Gasteiger partial charge on any atom is -0.477 e. The van der Waals surface area contributed by atoms with Crippen molar-refractivity contribution < 1.29 is 18.3 Å². The Morgan fingerprint density at radius 2 is 2.05 bits per heavy atom. The van der Waals surface area contributed by atoms with Gasteiger partial charge >= 0.3 is 5.97 Å². The van der Waals surface area contributed by atoms with Crippen LogP contribution < -0.4 is 4.72 Å². The lowest BCUT2D eigenvalue weighted by Crippen LogP contribution is -2.26. The third-order valence-corrected chi connectivity index (χ3v) is 5.52. The Morgan fingerprint density at radius 3 is 2.55 bits per heavy atom. The maximum atomic E-state index is 12.3. The van der Waals surface area contributed by atoms with Crippen LogP contribution in [0.1, 0.15) is 47.5 Å². The molecule has 0 aromatic carbocycles. The Kier molecular flexibility index (Phi) is 4.63. The summed E-state index contributed by atoms with van der Waals surface area (Å²) in [5.74, 6) is -1.09. The van der Waals surface area contributed by atoms with E-state index in [1.54, 1.807) is 11.6 Å². The monoisotopic (exact) mass is 344 g/mol. The second-order valence-electron chi connectivity index (χ2n) is 4.96. The molecule has 1 atom stereocenters. The highest BCUT2D eigenvalue weighted by atomic mass is 32.2. The number of aromatic nitrogens is 3. The zero-order valence-electron chi connectivity index (χ0n) is 12.2. The van der Waals surface area contributed by atoms with Gasteiger partial charge in [-0.05, 0) is 20.8 Å². The quantitative estimate of drug-likeness (QED) is 0.823. The molecule has 8 nitrogen and oxygen atoms in total. The average Bonchev–Trinajstić information content (AvgIpc) is 3.08. The van der Waals surface area contributed by atoms with Crippen molar-refractivity contribution in [2.75, 3.05) is 0 Å². The van der Waals surface area contributed by atoms with E-state index in [1.165, 1.54) is 18.6 Å². The lowest BCUT2D eigenvalue weighted by molar-refractivity contribution is 0.0702. The van der Waals surface area contributed by atoms with Crippen molar-refractivity contribution in [3.63, 3.8) is 0 Å². The van der Waals surface area contributed by atoms with E-state index in [0.717, 1.165) is 11.3 Å². The molecule has 0 bridgehead atoms. The van der Waals surface area contributed by atoms with Crippen LogP contribution in [0.4, 0.5) is 0 Å². The number of hydrogen-bond acceptors (Lipinski definition) is 6. The molecule has 2 heterocycles. The number of thiazole rings is 1. The van der Waals surface area contributed by atoms with Gasteiger partial charge in [0.25, 0.3) is 0 Å². The van der Waals surface area contributed by atoms with Gasteiger partial charge in [0.1, 0.15) is 14.8 Å². The molecule has 2 rings (SSSR count). The second kappa shape index (κ2) is 6.15. The number of carbonyl (C=O) groups is 1. The van der Waals surface area contributed by atoms with Crippen molar-refractivity contribution in [1.29, 1.82) is 0 Å². The first-order valence-corrected chi connectivity index (χ1v) is 8.76. The number of sulfonamides is 1. The summed E-state index contributed by atoms with van der Waals surface area (Å²) in [7, 11) is -3.75. The summed E-state index contributed by atoms with van der Waals surface area (Å²) in [6.45, 7) is 5.39. The van der Waals surface area contributed by atoms with E-state index in [0.29, 0.717) is 5.01 Å². The summed E-state index contributed by atoms with van der Waals surface area (Å²) >= 11 is 0.937. The van der Waals surface area contributed by atoms with Crippen LogP contribution in [0.5, 0.6) is 0 Å². The van der Waals surface area contributed by atoms with Crippen molar-refractivity contribution in [2.24, 2.45) is 0 Å². The summed E-state index contributed by atoms with van der Waals surface area (Å²) < 4.78 is 28.6. The van der Waals surface area contributed by atoms with Crippen LogP contribution in [0.2, 0.25) is 0 Å². The normalized spacial score (nSPS) is 13.5. The second-order valence-corrected chi connectivity index (χ2v) is 7.74. The molecule has 0 saturated carbocycles. The molecule has 2 N–H and O–H groups in total. The van der Waals surface area contributed by atoms with Crippen molar-refractivity contribution >= 4 is 27.3 Å². The molecule has 10 heteroatoms. The minimum atomic E-state index is -3.75. The van der Waals surface area contributed by atoms with Crippen LogP contribution in [0.15, 0.2) is 23.5 Å². The highest BCUT2D eigenvalue weighted by molar-refractivity contribution is 7.89. The van der Waals surface area contributed by atoms with Gasteiger partial charge in [-0.3, -0.25) is 4.68 Å². The fraction of sp³-hybridized carbons (Fsp3) is 0.417. The number of carboxylic acid groups (broad SMARTS) is 1. The SMILES string of the molecule is CC(NS(=O)(=O)c1cnn(C(C)C)c1)c1ncc(C(=O)O)s1. The molecule has 0 spiro atoms. The number of nitrogens with zero attached hydrogens (tertiary/aromatic N) is 3. The summed E-state index contributed by atoms with van der Waals surface area (Å²) in [6, 6.07) is -0.580. The molecule has 0 aliphatic rings. The fourth-order valence-electron chi connectivity index (χ4n) is 1.68. The Hall–Kier alpha value is -1.78. The molecule has 1 unspecified atom stereocenters. The first-order valence-electron chi connectivity index (χ1n) is 6.46. The van der Waals surface area contributed by atoms with Gasteiger partial charge in [0, 0.05) is 12.2 Å². The van der Waals surface area contributed by atoms with Crippen LogP contribution >= 0.6 is 11.3 Å². The smallest absolute Gasteiger partial charge is 0.347 e. The van der Waals surface area contributed by atoms with Crippen LogP contribution in [-0.4, -0.2) is 34.3 Å². The molecule has 2 aromatic heterocycles.